The summed E-state index contributed by atoms with van der Waals surface area (Å²) in [4.78, 5) is 12.9. The van der Waals surface area contributed by atoms with E-state index in [-0.39, 0.29) is 11.6 Å². The Balaban J connectivity index is 1.68. The van der Waals surface area contributed by atoms with Crippen LogP contribution < -0.4 is 4.90 Å². The third kappa shape index (κ3) is 3.79. The summed E-state index contributed by atoms with van der Waals surface area (Å²) in [6.07, 6.45) is 0. The summed E-state index contributed by atoms with van der Waals surface area (Å²) < 4.78 is 0. The number of fused-ring (bicyclic) bond motifs is 2. The Morgan fingerprint density at radius 3 is 2.15 bits per heavy atom. The second-order valence-corrected chi connectivity index (χ2v) is 8.46. The molecule has 0 fully saturated rings. The first-order valence-corrected chi connectivity index (χ1v) is 11.0. The van der Waals surface area contributed by atoms with Crippen LogP contribution in [0.25, 0.3) is 5.70 Å². The topological polar surface area (TPSA) is 46.4 Å². The van der Waals surface area contributed by atoms with Gasteiger partial charge >= 0.3 is 0 Å². The minimum atomic E-state index is -0.391. The highest BCUT2D eigenvalue weighted by Crippen LogP contribution is 2.45. The van der Waals surface area contributed by atoms with Gasteiger partial charge < -0.3 is 4.90 Å². The van der Waals surface area contributed by atoms with E-state index in [2.05, 4.69) is 47.9 Å². The molecule has 5 rings (SSSR count). The normalized spacial score (nSPS) is 14.7. The van der Waals surface area contributed by atoms with Crippen LogP contribution in [-0.4, -0.2) is 4.92 Å². The van der Waals surface area contributed by atoms with E-state index in [0.717, 1.165) is 33.1 Å². The Bertz CT molecular complexity index is 1360. The van der Waals surface area contributed by atoms with Gasteiger partial charge in [0.05, 0.1) is 4.92 Å². The fourth-order valence-electron chi connectivity index (χ4n) is 4.58. The lowest BCUT2D eigenvalue weighted by Crippen LogP contribution is -2.20. The van der Waals surface area contributed by atoms with Gasteiger partial charge in [-0.05, 0) is 52.1 Å². The first kappa shape index (κ1) is 21.0. The molecule has 4 aromatic carbocycles. The van der Waals surface area contributed by atoms with Crippen LogP contribution in [0, 0.1) is 10.1 Å². The minimum absolute atomic E-state index is 0.0271. The molecule has 0 radical (unpaired) electrons. The maximum atomic E-state index is 11.1. The summed E-state index contributed by atoms with van der Waals surface area (Å²) in [5.41, 5.74) is 7.31. The Morgan fingerprint density at radius 1 is 0.848 bits per heavy atom. The van der Waals surface area contributed by atoms with E-state index in [1.807, 2.05) is 36.4 Å². The van der Waals surface area contributed by atoms with Gasteiger partial charge in [0.2, 0.25) is 0 Å². The number of nitro benzene ring substituents is 1. The second-order valence-electron chi connectivity index (χ2n) is 8.05. The SMILES string of the molecule is C=C(c1ccc([N+](=O)[O-])cc1)N1Cc2ccccc2C(c2ccccc2Cl)c2ccccc21. The van der Waals surface area contributed by atoms with Crippen molar-refractivity contribution in [1.29, 1.82) is 0 Å². The molecule has 162 valence electrons. The Kier molecular flexibility index (Phi) is 5.45. The molecule has 1 atom stereocenters. The van der Waals surface area contributed by atoms with Crippen molar-refractivity contribution >= 4 is 28.7 Å². The van der Waals surface area contributed by atoms with Crippen LogP contribution in [0.5, 0.6) is 0 Å². The Labute approximate surface area is 197 Å². The summed E-state index contributed by atoms with van der Waals surface area (Å²) in [5.74, 6) is -0.0271. The monoisotopic (exact) mass is 452 g/mol. The van der Waals surface area contributed by atoms with Crippen LogP contribution >= 0.6 is 11.6 Å². The highest BCUT2D eigenvalue weighted by atomic mass is 35.5. The second kappa shape index (κ2) is 8.57. The lowest BCUT2D eigenvalue weighted by Gasteiger charge is -2.28. The molecule has 1 unspecified atom stereocenters. The zero-order valence-electron chi connectivity index (χ0n) is 17.8. The first-order valence-electron chi connectivity index (χ1n) is 10.7. The number of hydrogen-bond donors (Lipinski definition) is 0. The van der Waals surface area contributed by atoms with Crippen LogP contribution in [0.1, 0.15) is 33.7 Å². The molecule has 1 aliphatic heterocycles. The van der Waals surface area contributed by atoms with E-state index in [1.165, 1.54) is 23.3 Å². The summed E-state index contributed by atoms with van der Waals surface area (Å²) in [6, 6.07) is 31.3. The van der Waals surface area contributed by atoms with Crippen molar-refractivity contribution in [2.24, 2.45) is 0 Å². The van der Waals surface area contributed by atoms with Gasteiger partial charge in [-0.2, -0.15) is 0 Å². The third-order valence-corrected chi connectivity index (χ3v) is 6.53. The number of rotatable bonds is 4. The average molecular weight is 453 g/mol. The Hall–Kier alpha value is -3.89. The number of hydrogen-bond acceptors (Lipinski definition) is 3. The van der Waals surface area contributed by atoms with Crippen LogP contribution in [-0.2, 0) is 6.54 Å². The van der Waals surface area contributed by atoms with E-state index in [0.29, 0.717) is 6.54 Å². The fourth-order valence-corrected chi connectivity index (χ4v) is 4.82. The molecule has 5 heteroatoms. The summed E-state index contributed by atoms with van der Waals surface area (Å²) in [7, 11) is 0. The molecule has 0 aromatic heterocycles. The molecule has 1 heterocycles. The highest BCUT2D eigenvalue weighted by Gasteiger charge is 2.30. The molecular weight excluding hydrogens is 432 g/mol. The number of benzene rings is 4. The van der Waals surface area contributed by atoms with Crippen molar-refractivity contribution in [3.8, 4) is 0 Å². The van der Waals surface area contributed by atoms with Gasteiger partial charge in [0.25, 0.3) is 5.69 Å². The molecule has 1 aliphatic rings. The molecule has 4 nitrogen and oxygen atoms in total. The summed E-state index contributed by atoms with van der Waals surface area (Å²) >= 11 is 6.69. The predicted molar refractivity (Wildman–Crippen MR) is 134 cm³/mol. The van der Waals surface area contributed by atoms with Gasteiger partial charge in [-0.25, -0.2) is 0 Å². The quantitative estimate of drug-likeness (QED) is 0.239. The Morgan fingerprint density at radius 2 is 1.45 bits per heavy atom. The number of nitrogens with zero attached hydrogens (tertiary/aromatic N) is 2. The molecule has 0 amide bonds. The maximum Gasteiger partial charge on any atom is 0.269 e. The number of nitro groups is 1. The van der Waals surface area contributed by atoms with Gasteiger partial charge in [-0.1, -0.05) is 78.8 Å². The largest absolute Gasteiger partial charge is 0.337 e. The molecule has 0 N–H and O–H groups in total. The van der Waals surface area contributed by atoms with E-state index < -0.39 is 4.92 Å². The summed E-state index contributed by atoms with van der Waals surface area (Å²) in [5, 5.41) is 11.8. The lowest BCUT2D eigenvalue weighted by molar-refractivity contribution is -0.384. The number of non-ortho nitro benzene ring substituents is 1. The minimum Gasteiger partial charge on any atom is -0.337 e. The first-order chi connectivity index (χ1) is 16.0. The lowest BCUT2D eigenvalue weighted by atomic mass is 9.83. The molecule has 0 bridgehead atoms. The fraction of sp³-hybridized carbons (Fsp3) is 0.0714. The van der Waals surface area contributed by atoms with Crippen molar-refractivity contribution in [1.82, 2.24) is 0 Å². The van der Waals surface area contributed by atoms with Crippen LogP contribution in [0.2, 0.25) is 5.02 Å². The van der Waals surface area contributed by atoms with E-state index >= 15 is 0 Å². The van der Waals surface area contributed by atoms with Crippen LogP contribution in [0.3, 0.4) is 0 Å². The highest BCUT2D eigenvalue weighted by molar-refractivity contribution is 6.31. The van der Waals surface area contributed by atoms with E-state index in [4.69, 9.17) is 11.6 Å². The smallest absolute Gasteiger partial charge is 0.269 e. The molecular formula is C28H21ClN2O2. The maximum absolute atomic E-state index is 11.1. The molecule has 0 spiro atoms. The van der Waals surface area contributed by atoms with Gasteiger partial charge in [0.1, 0.15) is 0 Å². The van der Waals surface area contributed by atoms with Gasteiger partial charge in [-0.3, -0.25) is 10.1 Å². The van der Waals surface area contributed by atoms with Crippen molar-refractivity contribution in [2.45, 2.75) is 12.5 Å². The predicted octanol–water partition coefficient (Wildman–Crippen LogP) is 7.42. The van der Waals surface area contributed by atoms with Crippen molar-refractivity contribution in [3.05, 3.63) is 147 Å². The van der Waals surface area contributed by atoms with Gasteiger partial charge in [0.15, 0.2) is 0 Å². The zero-order valence-corrected chi connectivity index (χ0v) is 18.6. The van der Waals surface area contributed by atoms with Crippen molar-refractivity contribution in [3.63, 3.8) is 0 Å². The van der Waals surface area contributed by atoms with Gasteiger partial charge in [0, 0.05) is 41.0 Å². The van der Waals surface area contributed by atoms with Crippen LogP contribution in [0.15, 0.2) is 104 Å². The number of anilines is 1. The molecule has 0 saturated carbocycles. The van der Waals surface area contributed by atoms with Crippen molar-refractivity contribution in [2.75, 3.05) is 4.90 Å². The number of halogens is 1. The van der Waals surface area contributed by atoms with Gasteiger partial charge in [-0.15, -0.1) is 0 Å². The standard InChI is InChI=1S/C28H21ClN2O2/c1-19(20-14-16-22(17-15-20)31(32)33)30-18-21-8-2-3-9-23(21)28(24-10-4-6-12-26(24)29)25-11-5-7-13-27(25)30/h2-17,28H,1,18H2. The third-order valence-electron chi connectivity index (χ3n) is 6.19. The summed E-state index contributed by atoms with van der Waals surface area (Å²) in [6.45, 7) is 5.01. The van der Waals surface area contributed by atoms with E-state index in [1.54, 1.807) is 12.1 Å². The number of para-hydroxylation sites is 1. The average Bonchev–Trinajstić information content (AvgIpc) is 2.99. The molecule has 0 aliphatic carbocycles. The van der Waals surface area contributed by atoms with Crippen molar-refractivity contribution < 1.29 is 4.92 Å². The molecule has 4 aromatic rings. The van der Waals surface area contributed by atoms with E-state index in [9.17, 15) is 10.1 Å². The zero-order chi connectivity index (χ0) is 22.9. The molecule has 33 heavy (non-hydrogen) atoms. The van der Waals surface area contributed by atoms with Crippen LogP contribution in [0.4, 0.5) is 11.4 Å². The molecule has 0 saturated heterocycles.